The van der Waals surface area contributed by atoms with E-state index in [9.17, 15) is 33.0 Å². The second-order valence-electron chi connectivity index (χ2n) is 11.7. The number of aliphatic carboxylic acids is 1. The van der Waals surface area contributed by atoms with E-state index in [1.807, 2.05) is 20.8 Å². The Balaban J connectivity index is 1.84. The van der Waals surface area contributed by atoms with Crippen LogP contribution in [0.4, 0.5) is 16.2 Å². The number of carboxylic acid groups (broad SMARTS) is 1. The smallest absolute Gasteiger partial charge is 0.328 e. The Kier molecular flexibility index (Phi) is 10.1. The summed E-state index contributed by atoms with van der Waals surface area (Å²) in [5, 5.41) is 14.4. The minimum atomic E-state index is -2.56. The number of anilines is 2. The molecule has 1 fully saturated rings. The number of carbonyl (C=O) groups excluding carboxylic acids is 3. The highest BCUT2D eigenvalue weighted by atomic mass is 32.2. The molecule has 2 aromatic carbocycles. The first kappa shape index (κ1) is 32.7. The second-order valence-corrected chi connectivity index (χ2v) is 12.7. The highest BCUT2D eigenvalue weighted by Crippen LogP contribution is 2.38. The number of urea groups is 1. The van der Waals surface area contributed by atoms with Gasteiger partial charge in [0.15, 0.2) is 0 Å². The summed E-state index contributed by atoms with van der Waals surface area (Å²) in [6, 6.07) is 9.35. The summed E-state index contributed by atoms with van der Waals surface area (Å²) in [5.74, 6) is -1.51. The average molecular weight is 602 g/mol. The van der Waals surface area contributed by atoms with Crippen LogP contribution in [0.5, 0.6) is 5.75 Å². The number of ether oxygens (including phenoxy) is 1. The summed E-state index contributed by atoms with van der Waals surface area (Å²) in [5.41, 5.74) is 0.900. The molecule has 0 aliphatic carbocycles. The van der Waals surface area contributed by atoms with Crippen molar-refractivity contribution in [3.8, 4) is 5.75 Å². The Morgan fingerprint density at radius 2 is 1.79 bits per heavy atom. The van der Waals surface area contributed by atoms with Gasteiger partial charge in [-0.3, -0.25) is 28.8 Å². The summed E-state index contributed by atoms with van der Waals surface area (Å²) in [7, 11) is 1.46. The number of imide groups is 1. The van der Waals surface area contributed by atoms with E-state index in [4.69, 9.17) is 4.74 Å². The predicted molar refractivity (Wildman–Crippen MR) is 157 cm³/mol. The molecule has 2 aromatic rings. The van der Waals surface area contributed by atoms with Gasteiger partial charge < -0.3 is 19.7 Å². The number of benzene rings is 2. The van der Waals surface area contributed by atoms with Gasteiger partial charge in [0.2, 0.25) is 5.91 Å². The monoisotopic (exact) mass is 601 g/mol. The summed E-state index contributed by atoms with van der Waals surface area (Å²) < 4.78 is 30.3. The molecular weight excluding hydrogens is 564 g/mol. The van der Waals surface area contributed by atoms with Crippen LogP contribution in [0.2, 0.25) is 0 Å². The maximum absolute atomic E-state index is 13.5. The molecule has 1 aliphatic rings. The molecule has 0 bridgehead atoms. The van der Waals surface area contributed by atoms with Gasteiger partial charge in [-0.25, -0.2) is 9.10 Å². The zero-order chi connectivity index (χ0) is 31.4. The van der Waals surface area contributed by atoms with Crippen molar-refractivity contribution in [1.82, 2.24) is 9.62 Å². The number of hydrogen-bond acceptors (Lipinski definition) is 7. The van der Waals surface area contributed by atoms with E-state index in [1.165, 1.54) is 25.9 Å². The van der Waals surface area contributed by atoms with Crippen molar-refractivity contribution in [2.45, 2.75) is 59.4 Å². The second kappa shape index (κ2) is 13.0. The third-order valence-corrected chi connectivity index (χ3v) is 7.78. The third-order valence-electron chi connectivity index (χ3n) is 7.04. The van der Waals surface area contributed by atoms with Gasteiger partial charge in [0.25, 0.3) is 5.91 Å². The average Bonchev–Trinajstić information content (AvgIpc) is 2.90. The van der Waals surface area contributed by atoms with Crippen LogP contribution in [0.3, 0.4) is 0 Å². The van der Waals surface area contributed by atoms with Crippen molar-refractivity contribution < 1.29 is 37.8 Å². The highest BCUT2D eigenvalue weighted by Gasteiger charge is 2.31. The molecule has 12 nitrogen and oxygen atoms in total. The largest absolute Gasteiger partial charge is 0.760 e. The molecule has 0 radical (unpaired) electrons. The number of nitrogens with zero attached hydrogens (tertiary/aromatic N) is 2. The van der Waals surface area contributed by atoms with Crippen molar-refractivity contribution >= 4 is 46.5 Å². The van der Waals surface area contributed by atoms with E-state index in [0.29, 0.717) is 28.3 Å². The SMILES string of the molecule is COc1c(C(=O)Nc2ccc(CN(CCC(C)(C)C(=O)O)S(=O)[O-])cc2)cc(N2CCC(=O)NC2=O)cc1C(C)(C)C. The van der Waals surface area contributed by atoms with Gasteiger partial charge in [0.05, 0.1) is 18.1 Å². The number of hydrogen-bond donors (Lipinski definition) is 3. The Hall–Kier alpha value is -3.81. The van der Waals surface area contributed by atoms with Crippen LogP contribution in [-0.4, -0.2) is 62.2 Å². The van der Waals surface area contributed by atoms with E-state index in [1.54, 1.807) is 36.4 Å². The van der Waals surface area contributed by atoms with E-state index >= 15 is 0 Å². The maximum atomic E-state index is 13.5. The van der Waals surface area contributed by atoms with Crippen LogP contribution in [0.25, 0.3) is 0 Å². The Bertz CT molecular complexity index is 1390. The van der Waals surface area contributed by atoms with Crippen molar-refractivity contribution in [2.75, 3.05) is 30.4 Å². The lowest BCUT2D eigenvalue weighted by molar-refractivity contribution is -0.147. The van der Waals surface area contributed by atoms with Crippen LogP contribution in [-0.2, 0) is 32.8 Å². The Morgan fingerprint density at radius 1 is 1.14 bits per heavy atom. The van der Waals surface area contributed by atoms with Crippen molar-refractivity contribution in [3.05, 3.63) is 53.1 Å². The molecule has 0 saturated carbocycles. The Labute approximate surface area is 247 Å². The maximum Gasteiger partial charge on any atom is 0.328 e. The van der Waals surface area contributed by atoms with Crippen LogP contribution >= 0.6 is 0 Å². The summed E-state index contributed by atoms with van der Waals surface area (Å²) in [6.45, 7) is 9.17. The molecule has 4 amide bonds. The van der Waals surface area contributed by atoms with Crippen molar-refractivity contribution in [3.63, 3.8) is 0 Å². The van der Waals surface area contributed by atoms with Crippen LogP contribution in [0.1, 0.15) is 68.9 Å². The number of amides is 4. The van der Waals surface area contributed by atoms with E-state index < -0.39 is 40.0 Å². The van der Waals surface area contributed by atoms with Gasteiger partial charge in [-0.2, -0.15) is 0 Å². The molecule has 13 heteroatoms. The van der Waals surface area contributed by atoms with Gasteiger partial charge >= 0.3 is 12.0 Å². The molecule has 3 N–H and O–H groups in total. The third kappa shape index (κ3) is 7.93. The molecule has 0 aromatic heterocycles. The lowest BCUT2D eigenvalue weighted by atomic mass is 9.84. The fraction of sp³-hybridized carbons (Fsp3) is 0.448. The first-order valence-electron chi connectivity index (χ1n) is 13.4. The predicted octanol–water partition coefficient (Wildman–Crippen LogP) is 3.79. The van der Waals surface area contributed by atoms with Gasteiger partial charge in [0.1, 0.15) is 5.75 Å². The molecule has 1 aliphatic heterocycles. The summed E-state index contributed by atoms with van der Waals surface area (Å²) in [6.07, 6.45) is 0.266. The fourth-order valence-corrected chi connectivity index (χ4v) is 4.83. The number of carbonyl (C=O) groups is 4. The molecule has 3 rings (SSSR count). The molecule has 1 saturated heterocycles. The van der Waals surface area contributed by atoms with Gasteiger partial charge in [0, 0.05) is 54.3 Å². The zero-order valence-corrected chi connectivity index (χ0v) is 25.4. The molecule has 1 unspecified atom stereocenters. The first-order chi connectivity index (χ1) is 19.5. The van der Waals surface area contributed by atoms with Crippen molar-refractivity contribution in [1.29, 1.82) is 0 Å². The summed E-state index contributed by atoms with van der Waals surface area (Å²) in [4.78, 5) is 50.5. The first-order valence-corrected chi connectivity index (χ1v) is 14.4. The van der Waals surface area contributed by atoms with Crippen LogP contribution in [0, 0.1) is 5.41 Å². The molecule has 1 atom stereocenters. The molecular formula is C29H37N4O8S-. The van der Waals surface area contributed by atoms with Crippen LogP contribution < -0.4 is 20.3 Å². The number of rotatable bonds is 11. The quantitative estimate of drug-likeness (QED) is 0.327. The van der Waals surface area contributed by atoms with Gasteiger partial charge in [-0.15, -0.1) is 0 Å². The van der Waals surface area contributed by atoms with Gasteiger partial charge in [-0.1, -0.05) is 32.9 Å². The normalized spacial score (nSPS) is 14.9. The molecule has 42 heavy (non-hydrogen) atoms. The minimum Gasteiger partial charge on any atom is -0.760 e. The Morgan fingerprint density at radius 3 is 2.31 bits per heavy atom. The van der Waals surface area contributed by atoms with E-state index in [-0.39, 0.29) is 43.9 Å². The van der Waals surface area contributed by atoms with Crippen LogP contribution in [0.15, 0.2) is 36.4 Å². The highest BCUT2D eigenvalue weighted by molar-refractivity contribution is 7.76. The zero-order valence-electron chi connectivity index (χ0n) is 24.6. The summed E-state index contributed by atoms with van der Waals surface area (Å²) >= 11 is -2.56. The number of nitrogens with one attached hydrogen (secondary N) is 2. The number of carboxylic acids is 1. The van der Waals surface area contributed by atoms with Crippen molar-refractivity contribution in [2.24, 2.45) is 5.41 Å². The molecule has 0 spiro atoms. The van der Waals surface area contributed by atoms with Gasteiger partial charge in [-0.05, 0) is 55.5 Å². The lowest BCUT2D eigenvalue weighted by Crippen LogP contribution is -2.49. The number of methoxy groups -OCH3 is 1. The molecule has 228 valence electrons. The van der Waals surface area contributed by atoms with E-state index in [2.05, 4.69) is 10.6 Å². The topological polar surface area (TPSA) is 168 Å². The molecule has 1 heterocycles. The van der Waals surface area contributed by atoms with E-state index in [0.717, 1.165) is 4.31 Å². The standard InChI is InChI=1S/C29H38N4O8S/c1-28(2,3)22-16-20(33-13-11-23(34)31-27(33)38)15-21(24(22)41-6)25(35)30-19-9-7-18(8-10-19)17-32(42(39)40)14-12-29(4,5)26(36)37/h7-10,15-16H,11-14,17H2,1-6H3,(H,30,35)(H,36,37)(H,39,40)(H,31,34,38)/p-1. The fourth-order valence-electron chi connectivity index (χ4n) is 4.34. The lowest BCUT2D eigenvalue weighted by Gasteiger charge is -2.30. The minimum absolute atomic E-state index is 0.0311.